The van der Waals surface area contributed by atoms with Crippen LogP contribution in [-0.2, 0) is 0 Å². The smallest absolute Gasteiger partial charge is 0.255 e. The van der Waals surface area contributed by atoms with E-state index in [9.17, 15) is 9.59 Å². The number of carbonyl (C=O) groups excluding carboxylic acids is 2. The lowest BCUT2D eigenvalue weighted by Crippen LogP contribution is -2.35. The van der Waals surface area contributed by atoms with Crippen molar-refractivity contribution in [1.29, 1.82) is 0 Å². The van der Waals surface area contributed by atoms with Gasteiger partial charge in [0.15, 0.2) is 0 Å². The fourth-order valence-electron chi connectivity index (χ4n) is 3.47. The van der Waals surface area contributed by atoms with Crippen molar-refractivity contribution in [3.05, 3.63) is 58.6 Å². The van der Waals surface area contributed by atoms with Crippen LogP contribution in [0.3, 0.4) is 0 Å². The van der Waals surface area contributed by atoms with Gasteiger partial charge < -0.3 is 15.0 Å². The summed E-state index contributed by atoms with van der Waals surface area (Å²) in [4.78, 5) is 27.3. The van der Waals surface area contributed by atoms with Gasteiger partial charge in [-0.2, -0.15) is 0 Å². The van der Waals surface area contributed by atoms with E-state index in [1.165, 1.54) is 0 Å². The van der Waals surface area contributed by atoms with Gasteiger partial charge in [-0.25, -0.2) is 0 Å². The first-order valence-electron chi connectivity index (χ1n) is 10.7. The SMILES string of the molecule is CCCCCOc1ccc(C(=O)Nc2cc(C(=O)N3CCCCC3)ccc2Cl)cc1. The molecule has 0 bridgehead atoms. The summed E-state index contributed by atoms with van der Waals surface area (Å²) in [6.07, 6.45) is 6.52. The van der Waals surface area contributed by atoms with Gasteiger partial charge in [0, 0.05) is 24.2 Å². The Balaban J connectivity index is 1.63. The number of halogens is 1. The molecule has 1 aliphatic heterocycles. The molecule has 6 heteroatoms. The maximum Gasteiger partial charge on any atom is 0.255 e. The third-order valence-electron chi connectivity index (χ3n) is 5.24. The molecule has 1 fully saturated rings. The van der Waals surface area contributed by atoms with E-state index >= 15 is 0 Å². The number of nitrogens with zero attached hydrogens (tertiary/aromatic N) is 1. The van der Waals surface area contributed by atoms with Crippen molar-refractivity contribution in [3.8, 4) is 5.75 Å². The molecule has 1 saturated heterocycles. The summed E-state index contributed by atoms with van der Waals surface area (Å²) >= 11 is 6.27. The van der Waals surface area contributed by atoms with Crippen LogP contribution in [-0.4, -0.2) is 36.4 Å². The zero-order valence-electron chi connectivity index (χ0n) is 17.5. The van der Waals surface area contributed by atoms with Gasteiger partial charge in [-0.15, -0.1) is 0 Å². The molecule has 30 heavy (non-hydrogen) atoms. The minimum atomic E-state index is -0.281. The first-order valence-corrected chi connectivity index (χ1v) is 11.1. The van der Waals surface area contributed by atoms with Crippen LogP contribution < -0.4 is 10.1 Å². The predicted octanol–water partition coefficient (Wildman–Crippen LogP) is 5.79. The van der Waals surface area contributed by atoms with Crippen molar-refractivity contribution in [2.75, 3.05) is 25.0 Å². The van der Waals surface area contributed by atoms with Crippen molar-refractivity contribution in [3.63, 3.8) is 0 Å². The van der Waals surface area contributed by atoms with E-state index in [2.05, 4.69) is 12.2 Å². The molecular formula is C24H29ClN2O3. The van der Waals surface area contributed by atoms with E-state index in [0.717, 1.165) is 57.4 Å². The maximum atomic E-state index is 12.7. The van der Waals surface area contributed by atoms with Crippen molar-refractivity contribution in [2.45, 2.75) is 45.4 Å². The van der Waals surface area contributed by atoms with Crippen LogP contribution in [0.1, 0.15) is 66.2 Å². The Labute approximate surface area is 183 Å². The van der Waals surface area contributed by atoms with Gasteiger partial charge in [0.1, 0.15) is 5.75 Å². The van der Waals surface area contributed by atoms with Gasteiger partial charge >= 0.3 is 0 Å². The number of piperidine rings is 1. The van der Waals surface area contributed by atoms with E-state index in [-0.39, 0.29) is 11.8 Å². The minimum Gasteiger partial charge on any atom is -0.494 e. The van der Waals surface area contributed by atoms with Gasteiger partial charge in [-0.05, 0) is 68.1 Å². The number of benzene rings is 2. The third-order valence-corrected chi connectivity index (χ3v) is 5.57. The summed E-state index contributed by atoms with van der Waals surface area (Å²) in [5.74, 6) is 0.443. The Morgan fingerprint density at radius 1 is 1.00 bits per heavy atom. The Morgan fingerprint density at radius 2 is 1.70 bits per heavy atom. The fraction of sp³-hybridized carbons (Fsp3) is 0.417. The molecular weight excluding hydrogens is 400 g/mol. The van der Waals surface area contributed by atoms with Crippen LogP contribution >= 0.6 is 11.6 Å². The number of carbonyl (C=O) groups is 2. The molecule has 2 amide bonds. The highest BCUT2D eigenvalue weighted by Gasteiger charge is 2.19. The molecule has 160 valence electrons. The average Bonchev–Trinajstić information content (AvgIpc) is 2.78. The first-order chi connectivity index (χ1) is 14.6. The van der Waals surface area contributed by atoms with E-state index in [1.54, 1.807) is 42.5 Å². The van der Waals surface area contributed by atoms with Crippen molar-refractivity contribution < 1.29 is 14.3 Å². The first kappa shape index (κ1) is 22.2. The minimum absolute atomic E-state index is 0.0218. The molecule has 0 atom stereocenters. The number of likely N-dealkylation sites (tertiary alicyclic amines) is 1. The van der Waals surface area contributed by atoms with Crippen molar-refractivity contribution in [2.24, 2.45) is 0 Å². The molecule has 3 rings (SSSR count). The zero-order valence-corrected chi connectivity index (χ0v) is 18.2. The molecule has 0 radical (unpaired) electrons. The average molecular weight is 429 g/mol. The molecule has 0 aliphatic carbocycles. The maximum absolute atomic E-state index is 12.7. The number of nitrogens with one attached hydrogen (secondary N) is 1. The molecule has 0 saturated carbocycles. The zero-order chi connectivity index (χ0) is 21.3. The standard InChI is InChI=1S/C24H29ClN2O3/c1-2-3-7-16-30-20-11-8-18(9-12-20)23(28)26-22-17-19(10-13-21(22)25)24(29)27-14-5-4-6-15-27/h8-13,17H,2-7,14-16H2,1H3,(H,26,28). The number of anilines is 1. The molecule has 0 unspecified atom stereocenters. The number of rotatable bonds is 8. The second kappa shape index (κ2) is 11.0. The highest BCUT2D eigenvalue weighted by molar-refractivity contribution is 6.34. The lowest BCUT2D eigenvalue weighted by Gasteiger charge is -2.27. The fourth-order valence-corrected chi connectivity index (χ4v) is 3.64. The third kappa shape index (κ3) is 5.99. The number of ether oxygens (including phenoxy) is 1. The molecule has 2 aromatic rings. The molecule has 1 aliphatic rings. The summed E-state index contributed by atoms with van der Waals surface area (Å²) in [5, 5.41) is 3.22. The highest BCUT2D eigenvalue weighted by atomic mass is 35.5. The molecule has 2 aromatic carbocycles. The number of amides is 2. The largest absolute Gasteiger partial charge is 0.494 e. The normalized spacial score (nSPS) is 13.7. The second-order valence-corrected chi connectivity index (χ2v) is 7.99. The number of hydrogen-bond donors (Lipinski definition) is 1. The van der Waals surface area contributed by atoms with Crippen molar-refractivity contribution in [1.82, 2.24) is 4.90 Å². The van der Waals surface area contributed by atoms with Crippen LogP contribution in [0.25, 0.3) is 0 Å². The quantitative estimate of drug-likeness (QED) is 0.541. The summed E-state index contributed by atoms with van der Waals surface area (Å²) in [5.41, 5.74) is 1.47. The van der Waals surface area contributed by atoms with Crippen LogP contribution in [0.5, 0.6) is 5.75 Å². The topological polar surface area (TPSA) is 58.6 Å². The second-order valence-electron chi connectivity index (χ2n) is 7.58. The lowest BCUT2D eigenvalue weighted by atomic mass is 10.1. The van der Waals surface area contributed by atoms with Gasteiger partial charge in [-0.1, -0.05) is 31.4 Å². The number of unbranched alkanes of at least 4 members (excludes halogenated alkanes) is 2. The number of hydrogen-bond acceptors (Lipinski definition) is 3. The van der Waals surface area contributed by atoms with Gasteiger partial charge in [0.05, 0.1) is 17.3 Å². The molecule has 1 N–H and O–H groups in total. The van der Waals surface area contributed by atoms with E-state index in [1.807, 2.05) is 4.90 Å². The van der Waals surface area contributed by atoms with Crippen molar-refractivity contribution >= 4 is 29.1 Å². The van der Waals surface area contributed by atoms with E-state index in [4.69, 9.17) is 16.3 Å². The highest BCUT2D eigenvalue weighted by Crippen LogP contribution is 2.25. The Kier molecular flexibility index (Phi) is 8.14. The van der Waals surface area contributed by atoms with Crippen LogP contribution in [0.15, 0.2) is 42.5 Å². The monoisotopic (exact) mass is 428 g/mol. The van der Waals surface area contributed by atoms with Gasteiger partial charge in [0.25, 0.3) is 11.8 Å². The molecule has 0 aromatic heterocycles. The predicted molar refractivity (Wildman–Crippen MR) is 121 cm³/mol. The van der Waals surface area contributed by atoms with Gasteiger partial charge in [0.2, 0.25) is 0 Å². The Hall–Kier alpha value is -2.53. The Morgan fingerprint density at radius 3 is 2.40 bits per heavy atom. The van der Waals surface area contributed by atoms with Crippen LogP contribution in [0.4, 0.5) is 5.69 Å². The van der Waals surface area contributed by atoms with Crippen LogP contribution in [0, 0.1) is 0 Å². The lowest BCUT2D eigenvalue weighted by molar-refractivity contribution is 0.0724. The summed E-state index contributed by atoms with van der Waals surface area (Å²) < 4.78 is 5.68. The Bertz CT molecular complexity index is 861. The van der Waals surface area contributed by atoms with Gasteiger partial charge in [-0.3, -0.25) is 9.59 Å². The van der Waals surface area contributed by atoms with E-state index in [0.29, 0.717) is 28.4 Å². The molecule has 5 nitrogen and oxygen atoms in total. The van der Waals surface area contributed by atoms with Crippen LogP contribution in [0.2, 0.25) is 5.02 Å². The summed E-state index contributed by atoms with van der Waals surface area (Å²) in [6, 6.07) is 12.0. The summed E-state index contributed by atoms with van der Waals surface area (Å²) in [6.45, 7) is 4.37. The molecule has 1 heterocycles. The summed E-state index contributed by atoms with van der Waals surface area (Å²) in [7, 11) is 0. The van der Waals surface area contributed by atoms with E-state index < -0.39 is 0 Å². The molecule has 0 spiro atoms.